The van der Waals surface area contributed by atoms with Crippen LogP contribution in [-0.2, 0) is 28.0 Å². The third-order valence-electron chi connectivity index (χ3n) is 6.69. The Bertz CT molecular complexity index is 1180. The normalized spacial score (nSPS) is 22.5. The molecule has 1 aromatic heterocycles. The summed E-state index contributed by atoms with van der Waals surface area (Å²) in [5.41, 5.74) is -1.06. The van der Waals surface area contributed by atoms with Gasteiger partial charge in [-0.2, -0.15) is 13.2 Å². The van der Waals surface area contributed by atoms with Crippen molar-refractivity contribution in [1.82, 2.24) is 5.32 Å². The number of hydrogen-bond donors (Lipinski definition) is 1. The Morgan fingerprint density at radius 2 is 1.78 bits per heavy atom. The number of nitrogens with zero attached hydrogens (tertiary/aromatic N) is 1. The Morgan fingerprint density at radius 3 is 2.44 bits per heavy atom. The summed E-state index contributed by atoms with van der Waals surface area (Å²) >= 11 is 13.2. The lowest BCUT2D eigenvalue weighted by Crippen LogP contribution is -2.42. The first-order chi connectivity index (χ1) is 17.2. The number of ether oxygens (including phenoxy) is 2. The van der Waals surface area contributed by atoms with Crippen LogP contribution in [0.4, 0.5) is 18.0 Å². The third kappa shape index (κ3) is 4.92. The molecular weight excluding hydrogens is 540 g/mol. The Balaban J connectivity index is 1.43. The Kier molecular flexibility index (Phi) is 7.15. The van der Waals surface area contributed by atoms with Crippen molar-refractivity contribution >= 4 is 46.3 Å². The third-order valence-corrected chi connectivity index (χ3v) is 8.33. The van der Waals surface area contributed by atoms with Crippen LogP contribution < -0.4 is 10.1 Å². The van der Waals surface area contributed by atoms with Gasteiger partial charge in [0.15, 0.2) is 5.06 Å². The quantitative estimate of drug-likeness (QED) is 0.445. The molecule has 3 heterocycles. The molecule has 1 aromatic carbocycles. The van der Waals surface area contributed by atoms with Crippen molar-refractivity contribution in [3.63, 3.8) is 0 Å². The van der Waals surface area contributed by atoms with Crippen LogP contribution in [0.25, 0.3) is 0 Å². The number of hydrogen-bond acceptors (Lipinski definition) is 6. The van der Waals surface area contributed by atoms with Gasteiger partial charge in [-0.15, -0.1) is 0 Å². The van der Waals surface area contributed by atoms with Crippen LogP contribution in [0.15, 0.2) is 23.4 Å². The minimum Gasteiger partial charge on any atom is -0.399 e. The first-order valence-electron chi connectivity index (χ1n) is 11.7. The summed E-state index contributed by atoms with van der Waals surface area (Å²) < 4.78 is 54.3. The van der Waals surface area contributed by atoms with Crippen LogP contribution in [0, 0.1) is 0 Å². The molecule has 5 rings (SSSR count). The smallest absolute Gasteiger partial charge is 0.399 e. The number of benzene rings is 1. The van der Waals surface area contributed by atoms with Crippen molar-refractivity contribution in [3.8, 4) is 5.06 Å². The molecule has 1 atom stereocenters. The number of alkyl halides is 3. The van der Waals surface area contributed by atoms with E-state index in [9.17, 15) is 18.0 Å². The van der Waals surface area contributed by atoms with Gasteiger partial charge in [-0.25, -0.2) is 4.79 Å². The molecule has 1 fully saturated rings. The van der Waals surface area contributed by atoms with E-state index in [1.54, 1.807) is 0 Å². The van der Waals surface area contributed by atoms with E-state index in [0.717, 1.165) is 35.3 Å². The predicted molar refractivity (Wildman–Crippen MR) is 130 cm³/mol. The number of carbonyl (C=O) groups excluding carboxylic acids is 1. The molecule has 0 spiro atoms. The number of thiophene rings is 1. The standard InChI is InChI=1S/C24H23Cl2F3N2O4S/c25-14-9-13(10-15(26)11-14)23(24(27,28)29)12-19(31-35-23)20-17-3-1-2-4-18(17)21(36-20)34-22(32)30-16-5-7-33-8-6-16/h9-11,16H,1-8,12H2,(H,30,32). The number of rotatable bonds is 4. The van der Waals surface area contributed by atoms with Gasteiger partial charge in [0.1, 0.15) is 5.71 Å². The van der Waals surface area contributed by atoms with Crippen molar-refractivity contribution in [1.29, 1.82) is 0 Å². The van der Waals surface area contributed by atoms with E-state index >= 15 is 0 Å². The maximum absolute atomic E-state index is 14.4. The summed E-state index contributed by atoms with van der Waals surface area (Å²) in [5.74, 6) is 0. The summed E-state index contributed by atoms with van der Waals surface area (Å²) in [6, 6.07) is 3.71. The minimum atomic E-state index is -4.79. The van der Waals surface area contributed by atoms with Crippen LogP contribution in [0.1, 0.15) is 53.7 Å². The summed E-state index contributed by atoms with van der Waals surface area (Å²) in [6.07, 6.45) is -1.40. The van der Waals surface area contributed by atoms with Crippen LogP contribution in [0.5, 0.6) is 5.06 Å². The van der Waals surface area contributed by atoms with E-state index in [-0.39, 0.29) is 27.4 Å². The molecule has 2 aromatic rings. The lowest BCUT2D eigenvalue weighted by molar-refractivity contribution is -0.275. The minimum absolute atomic E-state index is 0.0361. The molecule has 194 valence electrons. The molecule has 1 unspecified atom stereocenters. The second-order valence-electron chi connectivity index (χ2n) is 9.09. The average molecular weight is 563 g/mol. The van der Waals surface area contributed by atoms with Crippen LogP contribution in [0.2, 0.25) is 10.0 Å². The molecule has 1 amide bonds. The van der Waals surface area contributed by atoms with Gasteiger partial charge >= 0.3 is 12.3 Å². The van der Waals surface area contributed by atoms with E-state index in [4.69, 9.17) is 37.5 Å². The lowest BCUT2D eigenvalue weighted by Gasteiger charge is -2.29. The van der Waals surface area contributed by atoms with Gasteiger partial charge in [-0.3, -0.25) is 0 Å². The maximum Gasteiger partial charge on any atom is 0.435 e. The molecule has 1 aliphatic carbocycles. The zero-order valence-electron chi connectivity index (χ0n) is 19.1. The van der Waals surface area contributed by atoms with Crippen molar-refractivity contribution in [3.05, 3.63) is 49.8 Å². The largest absolute Gasteiger partial charge is 0.435 e. The van der Waals surface area contributed by atoms with E-state index in [0.29, 0.717) is 48.8 Å². The van der Waals surface area contributed by atoms with Gasteiger partial charge in [0.25, 0.3) is 5.60 Å². The first kappa shape index (κ1) is 25.6. The Hall–Kier alpha value is -2.01. The van der Waals surface area contributed by atoms with Crippen molar-refractivity contribution in [2.45, 2.75) is 62.8 Å². The summed E-state index contributed by atoms with van der Waals surface area (Å²) in [5, 5.41) is 7.29. The predicted octanol–water partition coefficient (Wildman–Crippen LogP) is 6.78. The summed E-state index contributed by atoms with van der Waals surface area (Å²) in [4.78, 5) is 18.3. The highest BCUT2D eigenvalue weighted by molar-refractivity contribution is 7.16. The first-order valence-corrected chi connectivity index (χ1v) is 13.2. The molecule has 0 saturated carbocycles. The molecule has 2 aliphatic heterocycles. The summed E-state index contributed by atoms with van der Waals surface area (Å²) in [7, 11) is 0. The molecule has 12 heteroatoms. The zero-order valence-corrected chi connectivity index (χ0v) is 21.4. The van der Waals surface area contributed by atoms with Gasteiger partial charge in [-0.1, -0.05) is 39.7 Å². The number of oxime groups is 1. The maximum atomic E-state index is 14.4. The van der Waals surface area contributed by atoms with Crippen molar-refractivity contribution < 1.29 is 32.3 Å². The highest BCUT2D eigenvalue weighted by Crippen LogP contribution is 2.51. The molecule has 1 saturated heterocycles. The molecule has 0 bridgehead atoms. The van der Waals surface area contributed by atoms with Crippen LogP contribution in [0.3, 0.4) is 0 Å². The second-order valence-corrected chi connectivity index (χ2v) is 10.9. The molecular formula is C24H23Cl2F3N2O4S. The molecule has 3 aliphatic rings. The Labute approximate surface area is 219 Å². The van der Waals surface area contributed by atoms with E-state index in [1.807, 2.05) is 0 Å². The number of halogens is 5. The monoisotopic (exact) mass is 562 g/mol. The fourth-order valence-corrected chi connectivity index (χ4v) is 6.60. The van der Waals surface area contributed by atoms with Gasteiger partial charge < -0.3 is 19.6 Å². The fourth-order valence-electron chi connectivity index (χ4n) is 4.85. The number of fused-ring (bicyclic) bond motifs is 1. The molecule has 0 radical (unpaired) electrons. The van der Waals surface area contributed by atoms with Gasteiger partial charge in [0, 0.05) is 40.4 Å². The molecule has 6 nitrogen and oxygen atoms in total. The van der Waals surface area contributed by atoms with Gasteiger partial charge in [0.05, 0.1) is 11.3 Å². The van der Waals surface area contributed by atoms with Crippen LogP contribution in [-0.4, -0.2) is 37.2 Å². The lowest BCUT2D eigenvalue weighted by atomic mass is 9.86. The van der Waals surface area contributed by atoms with Crippen molar-refractivity contribution in [2.24, 2.45) is 5.16 Å². The average Bonchev–Trinajstić information content (AvgIpc) is 3.42. The highest BCUT2D eigenvalue weighted by atomic mass is 35.5. The van der Waals surface area contributed by atoms with E-state index < -0.39 is 24.3 Å². The van der Waals surface area contributed by atoms with E-state index in [2.05, 4.69) is 10.5 Å². The summed E-state index contributed by atoms with van der Waals surface area (Å²) in [6.45, 7) is 1.14. The number of amides is 1. The number of nitrogens with one attached hydrogen (secondary N) is 1. The van der Waals surface area contributed by atoms with Crippen molar-refractivity contribution in [2.75, 3.05) is 13.2 Å². The highest BCUT2D eigenvalue weighted by Gasteiger charge is 2.62. The van der Waals surface area contributed by atoms with Gasteiger partial charge in [-0.05, 0) is 62.3 Å². The SMILES string of the molecule is O=C(NC1CCOCC1)Oc1sc(C2=NOC(c3cc(Cl)cc(Cl)c3)(C(F)(F)F)C2)c2c1CCCC2. The van der Waals surface area contributed by atoms with E-state index in [1.165, 1.54) is 18.2 Å². The Morgan fingerprint density at radius 1 is 1.11 bits per heavy atom. The number of carbonyl (C=O) groups is 1. The zero-order chi connectivity index (χ0) is 25.5. The molecule has 36 heavy (non-hydrogen) atoms. The molecule has 1 N–H and O–H groups in total. The topological polar surface area (TPSA) is 69.2 Å². The second kappa shape index (κ2) is 10.0. The van der Waals surface area contributed by atoms with Gasteiger partial charge in [0.2, 0.25) is 0 Å². The van der Waals surface area contributed by atoms with Crippen LogP contribution >= 0.6 is 34.5 Å². The fraction of sp³-hybridized carbons (Fsp3) is 0.500.